The van der Waals surface area contributed by atoms with Crippen molar-refractivity contribution >= 4 is 27.5 Å². The molecule has 8 nitrogen and oxygen atoms in total. The smallest absolute Gasteiger partial charge is 0.404 e. The predicted molar refractivity (Wildman–Crippen MR) is 66.3 cm³/mol. The fourth-order valence-electron chi connectivity index (χ4n) is 1.28. The molecule has 0 spiro atoms. The van der Waals surface area contributed by atoms with Crippen LogP contribution < -0.4 is 21.9 Å². The number of carbonyl (C=O) groups is 1. The zero-order valence-electron chi connectivity index (χ0n) is 9.42. The Morgan fingerprint density at radius 2 is 2.06 bits per heavy atom. The maximum atomic E-state index is 11.2. The normalized spacial score (nSPS) is 10.9. The fraction of sp³-hybridized carbons (Fsp3) is 0.222. The van der Waals surface area contributed by atoms with E-state index in [1.807, 2.05) is 0 Å². The van der Waals surface area contributed by atoms with E-state index in [1.165, 1.54) is 12.1 Å². The summed E-state index contributed by atoms with van der Waals surface area (Å²) in [5.41, 5.74) is 10.8. The molecule has 0 saturated heterocycles. The molecule has 0 unspecified atom stereocenters. The predicted octanol–water partition coefficient (Wildman–Crippen LogP) is -0.577. The SMILES string of the molecule is NC(=O)OCCNc1cccc(S(N)(=O)=O)c1N. The van der Waals surface area contributed by atoms with Gasteiger partial charge in [-0.2, -0.15) is 0 Å². The van der Waals surface area contributed by atoms with Crippen LogP contribution in [0, 0.1) is 0 Å². The Kier molecular flexibility index (Phi) is 4.34. The van der Waals surface area contributed by atoms with Gasteiger partial charge in [0.1, 0.15) is 11.5 Å². The first kappa shape index (κ1) is 14.1. The van der Waals surface area contributed by atoms with Crippen LogP contribution in [-0.4, -0.2) is 27.7 Å². The molecule has 0 fully saturated rings. The zero-order chi connectivity index (χ0) is 13.8. The lowest BCUT2D eigenvalue weighted by Gasteiger charge is -2.11. The summed E-state index contributed by atoms with van der Waals surface area (Å²) in [6.07, 6.45) is -0.886. The first-order valence-electron chi connectivity index (χ1n) is 4.90. The van der Waals surface area contributed by atoms with Crippen LogP contribution in [0.25, 0.3) is 0 Å². The summed E-state index contributed by atoms with van der Waals surface area (Å²) in [5, 5.41) is 7.80. The van der Waals surface area contributed by atoms with Gasteiger partial charge in [-0.3, -0.25) is 0 Å². The standard InChI is InChI=1S/C9H14N4O4S/c10-8-6(13-4-5-17-9(11)14)2-1-3-7(8)18(12,15)16/h1-3,13H,4-5,10H2,(H2,11,14)(H2,12,15,16). The van der Waals surface area contributed by atoms with E-state index < -0.39 is 16.1 Å². The summed E-state index contributed by atoms with van der Waals surface area (Å²) >= 11 is 0. The Morgan fingerprint density at radius 1 is 1.39 bits per heavy atom. The largest absolute Gasteiger partial charge is 0.448 e. The molecule has 1 aromatic rings. The van der Waals surface area contributed by atoms with Crippen LogP contribution in [0.1, 0.15) is 0 Å². The lowest BCUT2D eigenvalue weighted by molar-refractivity contribution is 0.161. The minimum Gasteiger partial charge on any atom is -0.448 e. The minimum absolute atomic E-state index is 0.0130. The molecule has 0 atom stereocenters. The van der Waals surface area contributed by atoms with E-state index in [2.05, 4.69) is 10.1 Å². The van der Waals surface area contributed by atoms with Gasteiger partial charge in [0.15, 0.2) is 0 Å². The topological polar surface area (TPSA) is 151 Å². The Labute approximate surface area is 104 Å². The fourth-order valence-corrected chi connectivity index (χ4v) is 1.97. The number of hydrogen-bond donors (Lipinski definition) is 4. The first-order valence-corrected chi connectivity index (χ1v) is 6.44. The van der Waals surface area contributed by atoms with Gasteiger partial charge in [-0.15, -0.1) is 0 Å². The molecule has 0 aliphatic carbocycles. The van der Waals surface area contributed by atoms with Crippen LogP contribution in [0.4, 0.5) is 16.2 Å². The molecule has 1 rings (SSSR count). The van der Waals surface area contributed by atoms with E-state index in [0.717, 1.165) is 0 Å². The Morgan fingerprint density at radius 3 is 2.61 bits per heavy atom. The van der Waals surface area contributed by atoms with Gasteiger partial charge in [0, 0.05) is 6.54 Å². The molecule has 9 heteroatoms. The molecule has 0 heterocycles. The van der Waals surface area contributed by atoms with Gasteiger partial charge in [-0.05, 0) is 12.1 Å². The van der Waals surface area contributed by atoms with Gasteiger partial charge in [0.05, 0.1) is 11.4 Å². The van der Waals surface area contributed by atoms with Gasteiger partial charge < -0.3 is 21.5 Å². The lowest BCUT2D eigenvalue weighted by atomic mass is 10.2. The number of primary sulfonamides is 1. The highest BCUT2D eigenvalue weighted by molar-refractivity contribution is 7.89. The number of nitrogens with two attached hydrogens (primary N) is 3. The highest BCUT2D eigenvalue weighted by Crippen LogP contribution is 2.25. The van der Waals surface area contributed by atoms with Crippen molar-refractivity contribution < 1.29 is 17.9 Å². The number of ether oxygens (including phenoxy) is 1. The second kappa shape index (κ2) is 5.56. The third-order valence-corrected chi connectivity index (χ3v) is 3.00. The summed E-state index contributed by atoms with van der Waals surface area (Å²) in [6, 6.07) is 4.37. The average Bonchev–Trinajstić information content (AvgIpc) is 2.24. The van der Waals surface area contributed by atoms with Crippen LogP contribution in [-0.2, 0) is 14.8 Å². The highest BCUT2D eigenvalue weighted by atomic mass is 32.2. The summed E-state index contributed by atoms with van der Waals surface area (Å²) < 4.78 is 26.9. The number of sulfonamides is 1. The quantitative estimate of drug-likeness (QED) is 0.416. The van der Waals surface area contributed by atoms with Crippen molar-refractivity contribution in [2.75, 3.05) is 24.2 Å². The van der Waals surface area contributed by atoms with Crippen molar-refractivity contribution in [2.24, 2.45) is 10.9 Å². The number of nitrogen functional groups attached to an aromatic ring is 1. The molecule has 0 aliphatic heterocycles. The number of hydrogen-bond acceptors (Lipinski definition) is 6. The number of carbonyl (C=O) groups excluding carboxylic acids is 1. The second-order valence-electron chi connectivity index (χ2n) is 3.36. The van der Waals surface area contributed by atoms with Gasteiger partial charge >= 0.3 is 6.09 Å². The number of para-hydroxylation sites is 1. The molecule has 0 aromatic heterocycles. The average molecular weight is 274 g/mol. The molecule has 1 amide bonds. The van der Waals surface area contributed by atoms with Crippen molar-refractivity contribution in [3.05, 3.63) is 18.2 Å². The molecule has 0 saturated carbocycles. The Balaban J connectivity index is 2.76. The number of anilines is 2. The minimum atomic E-state index is -3.87. The van der Waals surface area contributed by atoms with E-state index in [-0.39, 0.29) is 23.7 Å². The van der Waals surface area contributed by atoms with E-state index >= 15 is 0 Å². The van der Waals surface area contributed by atoms with E-state index in [4.69, 9.17) is 16.6 Å². The molecule has 7 N–H and O–H groups in total. The maximum Gasteiger partial charge on any atom is 0.404 e. The molecule has 100 valence electrons. The first-order chi connectivity index (χ1) is 8.32. The number of benzene rings is 1. The van der Waals surface area contributed by atoms with Crippen molar-refractivity contribution in [1.29, 1.82) is 0 Å². The van der Waals surface area contributed by atoms with Gasteiger partial charge in [0.25, 0.3) is 0 Å². The summed E-state index contributed by atoms with van der Waals surface area (Å²) in [7, 11) is -3.87. The Hall–Kier alpha value is -2.00. The van der Waals surface area contributed by atoms with Crippen LogP contribution >= 0.6 is 0 Å². The molecular weight excluding hydrogens is 260 g/mol. The van der Waals surface area contributed by atoms with Crippen molar-refractivity contribution in [3.8, 4) is 0 Å². The number of primary amides is 1. The summed E-state index contributed by atoms with van der Waals surface area (Å²) in [6.45, 7) is 0.273. The van der Waals surface area contributed by atoms with Gasteiger partial charge in [-0.25, -0.2) is 18.4 Å². The van der Waals surface area contributed by atoms with E-state index in [0.29, 0.717) is 5.69 Å². The number of rotatable bonds is 5. The monoisotopic (exact) mass is 274 g/mol. The maximum absolute atomic E-state index is 11.2. The van der Waals surface area contributed by atoms with Crippen LogP contribution in [0.2, 0.25) is 0 Å². The second-order valence-corrected chi connectivity index (χ2v) is 4.89. The molecule has 0 bridgehead atoms. The van der Waals surface area contributed by atoms with Crippen LogP contribution in [0.15, 0.2) is 23.1 Å². The van der Waals surface area contributed by atoms with Gasteiger partial charge in [-0.1, -0.05) is 6.07 Å². The molecule has 0 aliphatic rings. The van der Waals surface area contributed by atoms with E-state index in [9.17, 15) is 13.2 Å². The van der Waals surface area contributed by atoms with Crippen LogP contribution in [0.5, 0.6) is 0 Å². The molecule has 0 radical (unpaired) electrons. The van der Waals surface area contributed by atoms with Crippen molar-refractivity contribution in [2.45, 2.75) is 4.90 Å². The highest BCUT2D eigenvalue weighted by Gasteiger charge is 2.14. The third kappa shape index (κ3) is 3.79. The summed E-state index contributed by atoms with van der Waals surface area (Å²) in [5.74, 6) is 0. The summed E-state index contributed by atoms with van der Waals surface area (Å²) in [4.78, 5) is 10.2. The molecule has 1 aromatic carbocycles. The van der Waals surface area contributed by atoms with Crippen molar-refractivity contribution in [3.63, 3.8) is 0 Å². The number of amides is 1. The van der Waals surface area contributed by atoms with Gasteiger partial charge in [0.2, 0.25) is 10.0 Å². The van der Waals surface area contributed by atoms with Crippen LogP contribution in [0.3, 0.4) is 0 Å². The van der Waals surface area contributed by atoms with E-state index in [1.54, 1.807) is 6.07 Å². The third-order valence-electron chi connectivity index (χ3n) is 2.03. The number of nitrogens with one attached hydrogen (secondary N) is 1. The molecule has 18 heavy (non-hydrogen) atoms. The Bertz CT molecular complexity index is 543. The van der Waals surface area contributed by atoms with Crippen molar-refractivity contribution in [1.82, 2.24) is 0 Å². The lowest BCUT2D eigenvalue weighted by Crippen LogP contribution is -2.19. The molecular formula is C9H14N4O4S. The zero-order valence-corrected chi connectivity index (χ0v) is 10.2.